The minimum Gasteiger partial charge on any atom is -0.479 e. The summed E-state index contributed by atoms with van der Waals surface area (Å²) in [4.78, 5) is 48.8. The zero-order chi connectivity index (χ0) is 39.1. The number of ether oxygens (including phenoxy) is 1. The molecule has 14 heteroatoms. The van der Waals surface area contributed by atoms with Crippen molar-refractivity contribution < 1.29 is 37.5 Å². The van der Waals surface area contributed by atoms with Gasteiger partial charge >= 0.3 is 12.1 Å². The first-order valence-electron chi connectivity index (χ1n) is 17.3. The molecule has 0 spiro atoms. The first-order chi connectivity index (χ1) is 24.8. The molecule has 0 saturated carbocycles. The molecule has 1 aromatic heterocycles. The molecule has 1 heterocycles. The fourth-order valence-electron chi connectivity index (χ4n) is 5.44. The Morgan fingerprint density at radius 3 is 2.21 bits per heavy atom. The molecule has 3 aromatic carbocycles. The van der Waals surface area contributed by atoms with E-state index in [9.17, 15) is 27.9 Å². The first kappa shape index (κ1) is 40.7. The maximum Gasteiger partial charge on any atom is 0.440 e. The van der Waals surface area contributed by atoms with Gasteiger partial charge in [-0.25, -0.2) is 23.0 Å². The van der Waals surface area contributed by atoms with E-state index < -0.39 is 39.1 Å². The van der Waals surface area contributed by atoms with E-state index >= 15 is 0 Å². The SMILES string of the molecule is CCS(=O)(=O)c1ccc(NC(=O)CCCc2ccc(C(Nc3ccc4c(N(OC(C)(C)C)C(=O)OC(C)(C)C)nccc4c3)C(=O)O)cc2)cc1CN. The summed E-state index contributed by atoms with van der Waals surface area (Å²) in [5.41, 5.74) is 7.18. The second-order valence-corrected chi connectivity index (χ2v) is 16.8. The van der Waals surface area contributed by atoms with Crippen LogP contribution in [0.1, 0.15) is 84.0 Å². The van der Waals surface area contributed by atoms with Gasteiger partial charge in [-0.15, -0.1) is 5.06 Å². The first-order valence-corrected chi connectivity index (χ1v) is 19.0. The predicted octanol–water partition coefficient (Wildman–Crippen LogP) is 7.16. The lowest BCUT2D eigenvalue weighted by Crippen LogP contribution is -2.42. The maximum atomic E-state index is 13.2. The zero-order valence-corrected chi connectivity index (χ0v) is 32.0. The van der Waals surface area contributed by atoms with Gasteiger partial charge in [-0.3, -0.25) is 9.63 Å². The Hall–Kier alpha value is -5.05. The highest BCUT2D eigenvalue weighted by atomic mass is 32.2. The lowest BCUT2D eigenvalue weighted by Gasteiger charge is -2.31. The Kier molecular flexibility index (Phi) is 12.9. The Labute approximate surface area is 310 Å². The highest BCUT2D eigenvalue weighted by molar-refractivity contribution is 7.91. The highest BCUT2D eigenvalue weighted by Gasteiger charge is 2.31. The van der Waals surface area contributed by atoms with Crippen LogP contribution in [0.15, 0.2) is 77.8 Å². The Morgan fingerprint density at radius 1 is 0.925 bits per heavy atom. The number of nitrogens with zero attached hydrogens (tertiary/aromatic N) is 2. The van der Waals surface area contributed by atoms with E-state index in [0.717, 1.165) is 10.6 Å². The summed E-state index contributed by atoms with van der Waals surface area (Å²) in [6.07, 6.45) is 2.17. The number of carboxylic acid groups (broad SMARTS) is 1. The van der Waals surface area contributed by atoms with E-state index in [4.69, 9.17) is 15.3 Å². The maximum absolute atomic E-state index is 13.2. The summed E-state index contributed by atoms with van der Waals surface area (Å²) in [5.74, 6) is -1.10. The number of nitrogens with two attached hydrogens (primary N) is 1. The van der Waals surface area contributed by atoms with Crippen molar-refractivity contribution in [3.63, 3.8) is 0 Å². The summed E-state index contributed by atoms with van der Waals surface area (Å²) >= 11 is 0. The summed E-state index contributed by atoms with van der Waals surface area (Å²) in [6.45, 7) is 12.3. The number of carboxylic acids is 1. The Morgan fingerprint density at radius 2 is 1.60 bits per heavy atom. The van der Waals surface area contributed by atoms with Crippen LogP contribution >= 0.6 is 0 Å². The second kappa shape index (κ2) is 16.7. The van der Waals surface area contributed by atoms with Gasteiger partial charge in [-0.2, -0.15) is 0 Å². The van der Waals surface area contributed by atoms with Gasteiger partial charge < -0.3 is 26.2 Å². The third-order valence-electron chi connectivity index (χ3n) is 7.88. The van der Waals surface area contributed by atoms with E-state index in [1.54, 1.807) is 82.4 Å². The number of amides is 2. The second-order valence-electron chi connectivity index (χ2n) is 14.5. The van der Waals surface area contributed by atoms with Crippen molar-refractivity contribution in [2.45, 2.75) is 96.4 Å². The number of nitrogens with one attached hydrogen (secondary N) is 2. The summed E-state index contributed by atoms with van der Waals surface area (Å²) in [6, 6.07) is 17.7. The van der Waals surface area contributed by atoms with E-state index in [-0.39, 0.29) is 35.3 Å². The van der Waals surface area contributed by atoms with Crippen LogP contribution in [0.25, 0.3) is 10.8 Å². The molecule has 5 N–H and O–H groups in total. The lowest BCUT2D eigenvalue weighted by molar-refractivity contribution is -0.138. The molecule has 0 bridgehead atoms. The number of aliphatic carboxylic acids is 1. The third kappa shape index (κ3) is 11.2. The van der Waals surface area contributed by atoms with E-state index in [1.807, 2.05) is 32.9 Å². The number of benzene rings is 3. The van der Waals surface area contributed by atoms with Gasteiger partial charge in [0.25, 0.3) is 0 Å². The number of rotatable bonds is 14. The summed E-state index contributed by atoms with van der Waals surface area (Å²) in [5, 5.41) is 18.4. The molecule has 0 aliphatic rings. The lowest BCUT2D eigenvalue weighted by atomic mass is 10.0. The van der Waals surface area contributed by atoms with Gasteiger partial charge in [0.05, 0.1) is 16.2 Å². The van der Waals surface area contributed by atoms with Crippen LogP contribution in [0.4, 0.5) is 22.0 Å². The zero-order valence-electron chi connectivity index (χ0n) is 31.2. The number of hydrogen-bond acceptors (Lipinski definition) is 10. The van der Waals surface area contributed by atoms with Crippen LogP contribution in [-0.4, -0.2) is 53.4 Å². The molecule has 4 aromatic rings. The molecule has 284 valence electrons. The number of hydrogen-bond donors (Lipinski definition) is 4. The van der Waals surface area contributed by atoms with Gasteiger partial charge in [0, 0.05) is 35.9 Å². The van der Waals surface area contributed by atoms with Crippen molar-refractivity contribution in [1.82, 2.24) is 4.98 Å². The van der Waals surface area contributed by atoms with Crippen molar-refractivity contribution in [2.75, 3.05) is 21.4 Å². The number of carbonyl (C=O) groups excluding carboxylic acids is 2. The largest absolute Gasteiger partial charge is 0.479 e. The number of aromatic nitrogens is 1. The monoisotopic (exact) mass is 747 g/mol. The van der Waals surface area contributed by atoms with Gasteiger partial charge in [-0.1, -0.05) is 31.2 Å². The average Bonchev–Trinajstić information content (AvgIpc) is 3.08. The molecule has 2 amide bonds. The van der Waals surface area contributed by atoms with E-state index in [1.165, 1.54) is 6.07 Å². The number of aryl methyl sites for hydroxylation is 1. The normalized spacial score (nSPS) is 12.6. The van der Waals surface area contributed by atoms with Crippen LogP contribution < -0.4 is 21.4 Å². The molecule has 53 heavy (non-hydrogen) atoms. The topological polar surface area (TPSA) is 190 Å². The Balaban J connectivity index is 1.42. The van der Waals surface area contributed by atoms with Gasteiger partial charge in [-0.05, 0) is 119 Å². The fraction of sp³-hybridized carbons (Fsp3) is 0.385. The van der Waals surface area contributed by atoms with Gasteiger partial charge in [0.2, 0.25) is 5.91 Å². The number of hydroxylamine groups is 1. The van der Waals surface area contributed by atoms with Crippen molar-refractivity contribution in [3.05, 3.63) is 89.6 Å². The van der Waals surface area contributed by atoms with Crippen molar-refractivity contribution in [3.8, 4) is 0 Å². The molecule has 0 radical (unpaired) electrons. The standard InChI is InChI=1S/C39H49N5O8S/c1-8-53(49,50)32-19-17-29(23-28(32)24-40)42-33(45)11-9-10-25-12-14-26(15-13-25)34(36(46)47)43-30-16-18-31-27(22-30)20-21-41-35(31)44(52-39(5,6)7)37(48)51-38(2,3)4/h12-23,34,43H,8-11,24,40H2,1-7H3,(H,42,45)(H,46,47). The average molecular weight is 748 g/mol. The molecule has 4 rings (SSSR count). The number of anilines is 3. The molecular weight excluding hydrogens is 699 g/mol. The molecule has 0 aliphatic heterocycles. The highest BCUT2D eigenvalue weighted by Crippen LogP contribution is 2.32. The summed E-state index contributed by atoms with van der Waals surface area (Å²) in [7, 11) is -3.43. The molecule has 0 fully saturated rings. The van der Waals surface area contributed by atoms with Crippen LogP contribution in [0.2, 0.25) is 0 Å². The van der Waals surface area contributed by atoms with E-state index in [2.05, 4.69) is 15.6 Å². The van der Waals surface area contributed by atoms with Crippen molar-refractivity contribution in [2.24, 2.45) is 5.73 Å². The fourth-order valence-corrected chi connectivity index (χ4v) is 6.57. The van der Waals surface area contributed by atoms with Gasteiger partial charge in [0.1, 0.15) is 5.60 Å². The molecule has 0 aliphatic carbocycles. The molecule has 13 nitrogen and oxygen atoms in total. The minimum atomic E-state index is -3.43. The van der Waals surface area contributed by atoms with E-state index in [0.29, 0.717) is 46.1 Å². The number of carbonyl (C=O) groups is 3. The molecular formula is C39H49N5O8S. The van der Waals surface area contributed by atoms with Crippen LogP contribution in [0, 0.1) is 0 Å². The van der Waals surface area contributed by atoms with Crippen LogP contribution in [0.3, 0.4) is 0 Å². The minimum absolute atomic E-state index is 0.0251. The number of pyridine rings is 1. The smallest absolute Gasteiger partial charge is 0.440 e. The number of fused-ring (bicyclic) bond motifs is 1. The molecule has 0 saturated heterocycles. The van der Waals surface area contributed by atoms with Crippen molar-refractivity contribution in [1.29, 1.82) is 0 Å². The Bertz CT molecular complexity index is 2060. The van der Waals surface area contributed by atoms with Crippen LogP contribution in [-0.2, 0) is 42.0 Å². The number of sulfone groups is 1. The summed E-state index contributed by atoms with van der Waals surface area (Å²) < 4.78 is 30.2. The molecule has 1 unspecified atom stereocenters. The third-order valence-corrected chi connectivity index (χ3v) is 9.71. The quantitative estimate of drug-likeness (QED) is 0.0958. The van der Waals surface area contributed by atoms with Crippen LogP contribution in [0.5, 0.6) is 0 Å². The van der Waals surface area contributed by atoms with Crippen molar-refractivity contribution >= 4 is 55.8 Å². The van der Waals surface area contributed by atoms with Gasteiger partial charge in [0.15, 0.2) is 21.7 Å². The molecule has 1 atom stereocenters. The predicted molar refractivity (Wildman–Crippen MR) is 205 cm³/mol.